The molecule has 296 valence electrons. The Bertz CT molecular complexity index is 1470. The fraction of sp³-hybridized carbons (Fsp3) is 0.644. The Labute approximate surface area is 319 Å². The van der Waals surface area contributed by atoms with Crippen LogP contribution in [0.5, 0.6) is 11.5 Å². The molecule has 8 heteroatoms. The van der Waals surface area contributed by atoms with E-state index in [-0.39, 0.29) is 38.4 Å². The normalized spacial score (nSPS) is 12.5. The van der Waals surface area contributed by atoms with Crippen LogP contribution in [0.3, 0.4) is 0 Å². The Balaban J connectivity index is 1.84. The second-order valence-corrected chi connectivity index (χ2v) is 14.3. The monoisotopic (exact) mass is 736 g/mol. The molecule has 0 fully saturated rings. The van der Waals surface area contributed by atoms with Crippen LogP contribution < -0.4 is 9.47 Å². The van der Waals surface area contributed by atoms with Gasteiger partial charge in [0.1, 0.15) is 24.7 Å². The molecule has 2 unspecified atom stereocenters. The summed E-state index contributed by atoms with van der Waals surface area (Å²) in [7, 11) is 0. The quantitative estimate of drug-likeness (QED) is 0.0380. The van der Waals surface area contributed by atoms with Gasteiger partial charge in [-0.15, -0.1) is 0 Å². The van der Waals surface area contributed by atoms with E-state index in [0.717, 1.165) is 97.7 Å². The van der Waals surface area contributed by atoms with E-state index in [1.54, 1.807) is 0 Å². The number of unbranched alkanes of at least 4 members (excludes halogenated alkanes) is 10. The molecule has 0 saturated heterocycles. The fourth-order valence-corrected chi connectivity index (χ4v) is 6.27. The molecule has 0 heterocycles. The standard InChI is InChI=1S/C45H68O8/c1-6-10-14-16-18-24-42(46)52-36(31-48-28-12-8-3)33-50-44-38-22-20-21-23-39(38)45(41-30-35(5)26-27-40(41)44)51-34-37(32-49-29-13-9-4)53-43(47)25-19-17-15-11-7-2/h20-23,26-27,30,36-37H,6-19,24-25,28-29,31-34H2,1-5H3. The summed E-state index contributed by atoms with van der Waals surface area (Å²) in [5.74, 6) is 0.975. The van der Waals surface area contributed by atoms with Gasteiger partial charge in [0.25, 0.3) is 0 Å². The van der Waals surface area contributed by atoms with Gasteiger partial charge in [0.15, 0.2) is 12.2 Å². The fourth-order valence-electron chi connectivity index (χ4n) is 6.27. The maximum Gasteiger partial charge on any atom is 0.306 e. The zero-order chi connectivity index (χ0) is 38.1. The first-order valence-corrected chi connectivity index (χ1v) is 20.7. The minimum atomic E-state index is -0.542. The molecule has 3 aromatic carbocycles. The van der Waals surface area contributed by atoms with E-state index in [2.05, 4.69) is 52.8 Å². The summed E-state index contributed by atoms with van der Waals surface area (Å²) >= 11 is 0. The van der Waals surface area contributed by atoms with E-state index in [0.29, 0.717) is 37.6 Å². The molecule has 53 heavy (non-hydrogen) atoms. The maximum absolute atomic E-state index is 12.9. The molecule has 0 saturated carbocycles. The summed E-state index contributed by atoms with van der Waals surface area (Å²) in [5.41, 5.74) is 1.08. The van der Waals surface area contributed by atoms with Crippen molar-refractivity contribution < 1.29 is 38.0 Å². The molecule has 3 aromatic rings. The summed E-state index contributed by atoms with van der Waals surface area (Å²) in [5, 5.41) is 3.54. The number of carbonyl (C=O) groups excluding carboxylic acids is 2. The van der Waals surface area contributed by atoms with E-state index in [9.17, 15) is 9.59 Å². The maximum atomic E-state index is 12.9. The third kappa shape index (κ3) is 16.3. The number of benzene rings is 3. The number of aryl methyl sites for hydroxylation is 1. The lowest BCUT2D eigenvalue weighted by Gasteiger charge is -2.23. The number of fused-ring (bicyclic) bond motifs is 2. The molecule has 3 rings (SSSR count). The van der Waals surface area contributed by atoms with Crippen LogP contribution in [-0.2, 0) is 28.5 Å². The van der Waals surface area contributed by atoms with Crippen molar-refractivity contribution in [2.75, 3.05) is 39.6 Å². The molecule has 0 aliphatic carbocycles. The molecule has 0 radical (unpaired) electrons. The van der Waals surface area contributed by atoms with Crippen molar-refractivity contribution in [2.24, 2.45) is 0 Å². The molecular weight excluding hydrogens is 668 g/mol. The highest BCUT2D eigenvalue weighted by molar-refractivity contribution is 6.11. The van der Waals surface area contributed by atoms with E-state index in [4.69, 9.17) is 28.4 Å². The molecule has 8 nitrogen and oxygen atoms in total. The van der Waals surface area contributed by atoms with Crippen molar-refractivity contribution >= 4 is 33.5 Å². The average molecular weight is 737 g/mol. The zero-order valence-corrected chi connectivity index (χ0v) is 33.5. The summed E-state index contributed by atoms with van der Waals surface area (Å²) in [6.45, 7) is 12.8. The molecular formula is C45H68O8. The predicted molar refractivity (Wildman–Crippen MR) is 215 cm³/mol. The first-order chi connectivity index (χ1) is 25.9. The minimum absolute atomic E-state index is 0.159. The second-order valence-electron chi connectivity index (χ2n) is 14.3. The van der Waals surface area contributed by atoms with Gasteiger partial charge in [0.2, 0.25) is 0 Å². The van der Waals surface area contributed by atoms with Gasteiger partial charge in [0, 0.05) is 47.6 Å². The summed E-state index contributed by atoms with van der Waals surface area (Å²) in [6, 6.07) is 14.2. The Kier molecular flexibility index (Phi) is 22.0. The highest BCUT2D eigenvalue weighted by Crippen LogP contribution is 2.43. The molecule has 0 aromatic heterocycles. The van der Waals surface area contributed by atoms with Gasteiger partial charge in [-0.2, -0.15) is 0 Å². The van der Waals surface area contributed by atoms with Crippen molar-refractivity contribution in [3.63, 3.8) is 0 Å². The predicted octanol–water partition coefficient (Wildman–Crippen LogP) is 11.2. The number of hydrogen-bond donors (Lipinski definition) is 0. The molecule has 0 N–H and O–H groups in total. The summed E-state index contributed by atoms with van der Waals surface area (Å²) in [6.07, 6.45) is 14.3. The first kappa shape index (κ1) is 44.0. The second kappa shape index (κ2) is 26.4. The average Bonchev–Trinajstić information content (AvgIpc) is 3.15. The van der Waals surface area contributed by atoms with Gasteiger partial charge >= 0.3 is 11.9 Å². The van der Waals surface area contributed by atoms with Gasteiger partial charge in [-0.25, -0.2) is 0 Å². The van der Waals surface area contributed by atoms with Crippen molar-refractivity contribution in [3.05, 3.63) is 48.0 Å². The molecule has 2 atom stereocenters. The van der Waals surface area contributed by atoms with Crippen LogP contribution in [-0.4, -0.2) is 63.8 Å². The summed E-state index contributed by atoms with van der Waals surface area (Å²) in [4.78, 5) is 25.8. The SMILES string of the molecule is CCCCCCCC(=O)OC(COCCCC)COc1c2ccccc2c(OCC(COCCCC)OC(=O)CCCCCCC)c2cc(C)ccc12. The zero-order valence-electron chi connectivity index (χ0n) is 33.5. The molecule has 0 spiro atoms. The third-order valence-electron chi connectivity index (χ3n) is 9.36. The van der Waals surface area contributed by atoms with Gasteiger partial charge in [-0.05, 0) is 38.7 Å². The van der Waals surface area contributed by atoms with Crippen molar-refractivity contribution in [3.8, 4) is 11.5 Å². The van der Waals surface area contributed by atoms with Crippen LogP contribution in [0.4, 0.5) is 0 Å². The molecule has 0 aliphatic heterocycles. The van der Waals surface area contributed by atoms with Gasteiger partial charge < -0.3 is 28.4 Å². The highest BCUT2D eigenvalue weighted by Gasteiger charge is 2.22. The molecule has 0 bridgehead atoms. The molecule has 0 amide bonds. The van der Waals surface area contributed by atoms with Crippen LogP contribution in [0.1, 0.15) is 136 Å². The van der Waals surface area contributed by atoms with Crippen LogP contribution in [0.15, 0.2) is 42.5 Å². The van der Waals surface area contributed by atoms with Gasteiger partial charge in [-0.1, -0.05) is 134 Å². The Morgan fingerprint density at radius 3 is 1.42 bits per heavy atom. The third-order valence-corrected chi connectivity index (χ3v) is 9.36. The van der Waals surface area contributed by atoms with Crippen LogP contribution in [0.2, 0.25) is 0 Å². The number of ether oxygens (including phenoxy) is 6. The van der Waals surface area contributed by atoms with Gasteiger partial charge in [0.05, 0.1) is 13.2 Å². The minimum Gasteiger partial charge on any atom is -0.488 e. The lowest BCUT2D eigenvalue weighted by molar-refractivity contribution is -0.155. The van der Waals surface area contributed by atoms with Crippen LogP contribution in [0, 0.1) is 6.92 Å². The van der Waals surface area contributed by atoms with Crippen molar-refractivity contribution in [1.82, 2.24) is 0 Å². The van der Waals surface area contributed by atoms with E-state index in [1.165, 1.54) is 19.3 Å². The lowest BCUT2D eigenvalue weighted by Crippen LogP contribution is -2.30. The van der Waals surface area contributed by atoms with E-state index < -0.39 is 12.2 Å². The molecule has 0 aliphatic rings. The Hall–Kier alpha value is -3.36. The van der Waals surface area contributed by atoms with Crippen LogP contribution >= 0.6 is 0 Å². The number of rotatable bonds is 30. The Morgan fingerprint density at radius 1 is 0.509 bits per heavy atom. The summed E-state index contributed by atoms with van der Waals surface area (Å²) < 4.78 is 37.0. The smallest absolute Gasteiger partial charge is 0.306 e. The van der Waals surface area contributed by atoms with Crippen LogP contribution in [0.25, 0.3) is 21.5 Å². The highest BCUT2D eigenvalue weighted by atomic mass is 16.6. The van der Waals surface area contributed by atoms with E-state index >= 15 is 0 Å². The number of hydrogen-bond acceptors (Lipinski definition) is 8. The number of carbonyl (C=O) groups is 2. The van der Waals surface area contributed by atoms with Crippen molar-refractivity contribution in [2.45, 2.75) is 150 Å². The Morgan fingerprint density at radius 2 is 0.943 bits per heavy atom. The van der Waals surface area contributed by atoms with Gasteiger partial charge in [-0.3, -0.25) is 9.59 Å². The first-order valence-electron chi connectivity index (χ1n) is 20.7. The van der Waals surface area contributed by atoms with E-state index in [1.807, 2.05) is 24.3 Å². The number of esters is 2. The lowest BCUT2D eigenvalue weighted by atomic mass is 9.99. The topological polar surface area (TPSA) is 89.5 Å². The van der Waals surface area contributed by atoms with Crippen molar-refractivity contribution in [1.29, 1.82) is 0 Å². The largest absolute Gasteiger partial charge is 0.488 e.